The van der Waals surface area contributed by atoms with Crippen molar-refractivity contribution in [2.24, 2.45) is 5.92 Å². The Labute approximate surface area is 160 Å². The molecule has 3 aliphatic heterocycles. The van der Waals surface area contributed by atoms with E-state index in [4.69, 9.17) is 8.74 Å². The fourth-order valence-corrected chi connectivity index (χ4v) is 5.16. The summed E-state index contributed by atoms with van der Waals surface area (Å²) in [7, 11) is -4.58. The number of piperidine rings is 1. The van der Waals surface area contributed by atoms with Gasteiger partial charge in [-0.2, -0.15) is 8.42 Å². The molecule has 0 aromatic carbocycles. The molecule has 0 aliphatic carbocycles. The van der Waals surface area contributed by atoms with Gasteiger partial charge >= 0.3 is 16.4 Å². The van der Waals surface area contributed by atoms with Gasteiger partial charge in [0.15, 0.2) is 0 Å². The fraction of sp³-hybridized carbons (Fsp3) is 0.667. The topological polar surface area (TPSA) is 184 Å². The summed E-state index contributed by atoms with van der Waals surface area (Å²) in [6.07, 6.45) is -1.06. The molecular formula is C15H22N5O7S+. The lowest BCUT2D eigenvalue weighted by Gasteiger charge is -2.39. The lowest BCUT2D eigenvalue weighted by molar-refractivity contribution is -0.726. The van der Waals surface area contributed by atoms with E-state index in [1.165, 1.54) is 0 Å². The minimum Gasteiger partial charge on any atom is -0.846 e. The first kappa shape index (κ1) is 19.3. The molecule has 4 rings (SSSR count). The van der Waals surface area contributed by atoms with Crippen molar-refractivity contribution in [1.29, 1.82) is 0 Å². The summed E-state index contributed by atoms with van der Waals surface area (Å²) in [5, 5.41) is 27.3. The second-order valence-corrected chi connectivity index (χ2v) is 8.59. The largest absolute Gasteiger partial charge is 0.846 e. The maximum absolute atomic E-state index is 11.5. The summed E-state index contributed by atoms with van der Waals surface area (Å²) >= 11 is 0. The van der Waals surface area contributed by atoms with Gasteiger partial charge in [0, 0.05) is 24.8 Å². The minimum atomic E-state index is -4.58. The molecule has 6 N–H and O–H groups in total. The molecular weight excluding hydrogens is 394 g/mol. The quantitative estimate of drug-likeness (QED) is 0.242. The van der Waals surface area contributed by atoms with E-state index in [1.54, 1.807) is 0 Å². The number of aliphatic hydroxyl groups is 1. The third-order valence-electron chi connectivity index (χ3n) is 5.83. The van der Waals surface area contributed by atoms with Crippen molar-refractivity contribution < 1.29 is 37.3 Å². The average molecular weight is 416 g/mol. The first-order valence-corrected chi connectivity index (χ1v) is 10.3. The molecule has 0 saturated carbocycles. The molecule has 4 heterocycles. The van der Waals surface area contributed by atoms with Crippen LogP contribution in [0.5, 0.6) is 6.01 Å². The number of nitrogens with two attached hydrogens (primary N) is 1. The number of nitrogens with one attached hydrogen (secondary N) is 2. The van der Waals surface area contributed by atoms with Crippen molar-refractivity contribution in [3.63, 3.8) is 0 Å². The lowest BCUT2D eigenvalue weighted by Crippen LogP contribution is -3.00. The number of nitrogens with zero attached hydrogens (tertiary/aromatic N) is 2. The van der Waals surface area contributed by atoms with Crippen LogP contribution in [-0.4, -0.2) is 69.4 Å². The van der Waals surface area contributed by atoms with Crippen LogP contribution in [0.1, 0.15) is 31.6 Å². The van der Waals surface area contributed by atoms with Crippen LogP contribution in [0.25, 0.3) is 0 Å². The van der Waals surface area contributed by atoms with Gasteiger partial charge in [0.2, 0.25) is 0 Å². The maximum Gasteiger partial charge on any atom is 0.441 e. The SMILES string of the molecule is C[C@H]1[C@@H](OS(=O)(=O)O)C[C@@H]2C[C@H]([C@@H](O)c3cc(=O)[nH]c([O-])n3)[NH2+]C3=[N+]2[C@@H]1CN3. The summed E-state index contributed by atoms with van der Waals surface area (Å²) in [5.74, 6) is 0.671. The molecule has 0 radical (unpaired) electrons. The summed E-state index contributed by atoms with van der Waals surface area (Å²) in [4.78, 5) is 17.2. The zero-order valence-corrected chi connectivity index (χ0v) is 15.8. The monoisotopic (exact) mass is 416 g/mol. The van der Waals surface area contributed by atoms with E-state index >= 15 is 0 Å². The Morgan fingerprint density at radius 1 is 1.46 bits per heavy atom. The number of aliphatic hydroxyl groups excluding tert-OH is 1. The third-order valence-corrected chi connectivity index (χ3v) is 6.32. The zero-order chi connectivity index (χ0) is 20.2. The average Bonchev–Trinajstić information content (AvgIpc) is 3.01. The first-order valence-electron chi connectivity index (χ1n) is 8.98. The normalized spacial score (nSPS) is 33.3. The number of rotatable bonds is 4. The standard InChI is InChI=1S/C15H21N5O7S/c1-6-10-5-16-14-17-8(13(22)9-4-12(21)19-15(23)18-9)2-7(20(10)14)3-11(6)27-28(24,25)26/h4,6-8,10-11,13,22H,2-3,5H2,1H3,(H4,16,17,18,19,21,23,24,25,26)/p+1/t6-,7+,8-,10-,11+,13-/m1/s1. The zero-order valence-electron chi connectivity index (χ0n) is 15.0. The highest BCUT2D eigenvalue weighted by atomic mass is 32.3. The number of hydrogen-bond donors (Lipinski definition) is 5. The predicted molar refractivity (Wildman–Crippen MR) is 90.6 cm³/mol. The number of H-pyrrole nitrogens is 1. The molecule has 13 heteroatoms. The van der Waals surface area contributed by atoms with Crippen molar-refractivity contribution in [1.82, 2.24) is 15.3 Å². The van der Waals surface area contributed by atoms with E-state index in [0.29, 0.717) is 19.4 Å². The molecule has 0 unspecified atom stereocenters. The van der Waals surface area contributed by atoms with Gasteiger partial charge in [0.25, 0.3) is 5.56 Å². The molecule has 28 heavy (non-hydrogen) atoms. The molecule has 6 atom stereocenters. The maximum atomic E-state index is 11.5. The van der Waals surface area contributed by atoms with E-state index in [9.17, 15) is 23.4 Å². The molecule has 1 aromatic rings. The highest BCUT2D eigenvalue weighted by Gasteiger charge is 2.55. The highest BCUT2D eigenvalue weighted by molar-refractivity contribution is 7.80. The van der Waals surface area contributed by atoms with E-state index in [0.717, 1.165) is 12.0 Å². The molecule has 1 fully saturated rings. The van der Waals surface area contributed by atoms with Gasteiger partial charge in [-0.25, -0.2) is 24.4 Å². The van der Waals surface area contributed by atoms with Gasteiger partial charge < -0.3 is 15.2 Å². The number of aromatic amines is 1. The van der Waals surface area contributed by atoms with Gasteiger partial charge in [-0.15, -0.1) is 0 Å². The minimum absolute atomic E-state index is 0.00601. The molecule has 0 spiro atoms. The van der Waals surface area contributed by atoms with Crippen LogP contribution < -0.4 is 21.3 Å². The van der Waals surface area contributed by atoms with Crippen LogP contribution in [0.4, 0.5) is 0 Å². The fourth-order valence-electron chi connectivity index (χ4n) is 4.60. The highest BCUT2D eigenvalue weighted by Crippen LogP contribution is 2.33. The molecule has 0 bridgehead atoms. The molecule has 0 amide bonds. The Morgan fingerprint density at radius 3 is 2.89 bits per heavy atom. The third kappa shape index (κ3) is 3.51. The molecule has 3 aliphatic rings. The predicted octanol–water partition coefficient (Wildman–Crippen LogP) is -3.85. The molecule has 12 nitrogen and oxygen atoms in total. The summed E-state index contributed by atoms with van der Waals surface area (Å²) in [6.45, 7) is 2.45. The Kier molecular flexibility index (Phi) is 4.66. The van der Waals surface area contributed by atoms with E-state index in [1.807, 2.05) is 17.2 Å². The summed E-state index contributed by atoms with van der Waals surface area (Å²) in [5.41, 5.74) is -0.639. The van der Waals surface area contributed by atoms with Crippen LogP contribution in [0, 0.1) is 5.92 Å². The van der Waals surface area contributed by atoms with Gasteiger partial charge in [-0.1, -0.05) is 6.92 Å². The number of guanidine groups is 1. The Morgan fingerprint density at radius 2 is 2.21 bits per heavy atom. The van der Waals surface area contributed by atoms with Gasteiger partial charge in [-0.05, 0) is 0 Å². The van der Waals surface area contributed by atoms with Crippen LogP contribution in [0.15, 0.2) is 10.9 Å². The van der Waals surface area contributed by atoms with Crippen molar-refractivity contribution in [2.45, 2.75) is 50.1 Å². The Balaban J connectivity index is 1.60. The summed E-state index contributed by atoms with van der Waals surface area (Å²) in [6, 6.07) is -0.318. The Hall–Kier alpha value is -2.06. The number of aromatic nitrogens is 2. The van der Waals surface area contributed by atoms with E-state index in [2.05, 4.69) is 14.9 Å². The van der Waals surface area contributed by atoms with Gasteiger partial charge in [0.1, 0.15) is 30.8 Å². The first-order chi connectivity index (χ1) is 13.1. The summed E-state index contributed by atoms with van der Waals surface area (Å²) < 4.78 is 38.6. The molecule has 1 aromatic heterocycles. The number of hydrogen-bond acceptors (Lipinski definition) is 8. The van der Waals surface area contributed by atoms with E-state index in [-0.39, 0.29) is 23.7 Å². The second kappa shape index (κ2) is 6.77. The van der Waals surface area contributed by atoms with Crippen LogP contribution in [-0.2, 0) is 14.6 Å². The lowest BCUT2D eigenvalue weighted by atomic mass is 9.82. The molecule has 154 valence electrons. The van der Waals surface area contributed by atoms with Crippen molar-refractivity contribution >= 4 is 16.4 Å². The van der Waals surface area contributed by atoms with Gasteiger partial charge in [0.05, 0.1) is 17.8 Å². The van der Waals surface area contributed by atoms with Crippen LogP contribution in [0.2, 0.25) is 0 Å². The van der Waals surface area contributed by atoms with Crippen molar-refractivity contribution in [3.8, 4) is 6.01 Å². The van der Waals surface area contributed by atoms with Crippen LogP contribution >= 0.6 is 0 Å². The molecule has 1 saturated heterocycles. The Bertz CT molecular complexity index is 977. The smallest absolute Gasteiger partial charge is 0.441 e. The van der Waals surface area contributed by atoms with E-state index < -0.39 is 40.2 Å². The van der Waals surface area contributed by atoms with Crippen molar-refractivity contribution in [2.75, 3.05) is 6.54 Å². The van der Waals surface area contributed by atoms with Crippen LogP contribution in [0.3, 0.4) is 0 Å². The second-order valence-electron chi connectivity index (χ2n) is 7.54. The number of quaternary nitrogens is 1. The van der Waals surface area contributed by atoms with Crippen molar-refractivity contribution in [3.05, 3.63) is 22.1 Å². The van der Waals surface area contributed by atoms with Gasteiger partial charge in [-0.3, -0.25) is 9.35 Å².